The second kappa shape index (κ2) is 10.7. The van der Waals surface area contributed by atoms with E-state index >= 15 is 0 Å². The molecule has 0 aliphatic carbocycles. The minimum absolute atomic E-state index is 0.0124. The molecule has 1 heterocycles. The van der Waals surface area contributed by atoms with Crippen LogP contribution in [0.5, 0.6) is 11.5 Å². The normalized spacial score (nSPS) is 14.2. The van der Waals surface area contributed by atoms with Crippen LogP contribution in [0.15, 0.2) is 42.5 Å². The summed E-state index contributed by atoms with van der Waals surface area (Å²) in [5.74, 6) is 1.32. The molecule has 5 heteroatoms. The van der Waals surface area contributed by atoms with Gasteiger partial charge in [-0.15, -0.1) is 0 Å². The van der Waals surface area contributed by atoms with E-state index in [1.165, 1.54) is 36.9 Å². The lowest BCUT2D eigenvalue weighted by Crippen LogP contribution is -2.27. The Labute approximate surface area is 174 Å². The molecule has 5 nitrogen and oxygen atoms in total. The van der Waals surface area contributed by atoms with E-state index in [0.29, 0.717) is 24.5 Å². The van der Waals surface area contributed by atoms with Gasteiger partial charge in [0.15, 0.2) is 11.5 Å². The molecule has 0 radical (unpaired) electrons. The first-order valence-corrected chi connectivity index (χ1v) is 10.5. The van der Waals surface area contributed by atoms with Crippen LogP contribution in [-0.4, -0.2) is 39.8 Å². The van der Waals surface area contributed by atoms with Crippen molar-refractivity contribution in [2.45, 2.75) is 38.5 Å². The van der Waals surface area contributed by atoms with E-state index in [2.05, 4.69) is 34.5 Å². The topological polar surface area (TPSA) is 50.8 Å². The number of rotatable bonds is 8. The van der Waals surface area contributed by atoms with E-state index in [0.717, 1.165) is 25.1 Å². The number of ether oxygens (including phenoxy) is 2. The summed E-state index contributed by atoms with van der Waals surface area (Å²) >= 11 is 0. The molecule has 2 aromatic rings. The molecule has 2 aromatic carbocycles. The van der Waals surface area contributed by atoms with Crippen LogP contribution in [0.4, 0.5) is 5.69 Å². The Morgan fingerprint density at radius 3 is 2.21 bits per heavy atom. The Balaban J connectivity index is 1.45. The lowest BCUT2D eigenvalue weighted by atomic mass is 10.1. The standard InChI is InChI=1S/C24H32N2O3/c1-28-22-12-9-20(17-23(22)29-2)18-24(27)25-14-13-19-7-10-21(11-8-19)26-15-5-3-4-6-16-26/h7-12,17H,3-6,13-16,18H2,1-2H3,(H,25,27). The van der Waals surface area contributed by atoms with Gasteiger partial charge in [0, 0.05) is 25.3 Å². The zero-order valence-electron chi connectivity index (χ0n) is 17.6. The maximum Gasteiger partial charge on any atom is 0.224 e. The summed E-state index contributed by atoms with van der Waals surface area (Å²) in [6.07, 6.45) is 6.42. The number of benzene rings is 2. The molecular formula is C24H32N2O3. The van der Waals surface area contributed by atoms with E-state index in [1.807, 2.05) is 18.2 Å². The van der Waals surface area contributed by atoms with Crippen molar-refractivity contribution in [2.75, 3.05) is 38.8 Å². The molecule has 0 bridgehead atoms. The lowest BCUT2D eigenvalue weighted by Gasteiger charge is -2.22. The van der Waals surface area contributed by atoms with Gasteiger partial charge in [0.2, 0.25) is 5.91 Å². The highest BCUT2D eigenvalue weighted by atomic mass is 16.5. The summed E-state index contributed by atoms with van der Waals surface area (Å²) in [6, 6.07) is 14.4. The summed E-state index contributed by atoms with van der Waals surface area (Å²) in [6.45, 7) is 2.95. The Morgan fingerprint density at radius 1 is 0.897 bits per heavy atom. The van der Waals surface area contributed by atoms with Crippen LogP contribution in [0.1, 0.15) is 36.8 Å². The minimum Gasteiger partial charge on any atom is -0.493 e. The number of anilines is 1. The molecule has 1 N–H and O–H groups in total. The first-order chi connectivity index (χ1) is 14.2. The van der Waals surface area contributed by atoms with Crippen LogP contribution in [-0.2, 0) is 17.6 Å². The molecule has 1 aliphatic heterocycles. The summed E-state index contributed by atoms with van der Waals surface area (Å²) < 4.78 is 10.5. The number of methoxy groups -OCH3 is 2. The van der Waals surface area contributed by atoms with Gasteiger partial charge in [-0.3, -0.25) is 4.79 Å². The molecular weight excluding hydrogens is 364 g/mol. The van der Waals surface area contributed by atoms with E-state index in [4.69, 9.17) is 9.47 Å². The number of amides is 1. The SMILES string of the molecule is COc1ccc(CC(=O)NCCc2ccc(N3CCCCCC3)cc2)cc1OC. The van der Waals surface area contributed by atoms with Crippen LogP contribution in [0.2, 0.25) is 0 Å². The third kappa shape index (κ3) is 6.14. The van der Waals surface area contributed by atoms with Gasteiger partial charge in [-0.2, -0.15) is 0 Å². The Morgan fingerprint density at radius 2 is 1.55 bits per heavy atom. The second-order valence-corrected chi connectivity index (χ2v) is 7.53. The van der Waals surface area contributed by atoms with Crippen molar-refractivity contribution in [2.24, 2.45) is 0 Å². The lowest BCUT2D eigenvalue weighted by molar-refractivity contribution is -0.120. The molecule has 0 aromatic heterocycles. The van der Waals surface area contributed by atoms with Crippen LogP contribution >= 0.6 is 0 Å². The van der Waals surface area contributed by atoms with Gasteiger partial charge in [-0.1, -0.05) is 31.0 Å². The minimum atomic E-state index is 0.0124. The number of carbonyl (C=O) groups is 1. The van der Waals surface area contributed by atoms with Crippen molar-refractivity contribution in [3.63, 3.8) is 0 Å². The van der Waals surface area contributed by atoms with Crippen molar-refractivity contribution in [3.8, 4) is 11.5 Å². The highest BCUT2D eigenvalue weighted by molar-refractivity contribution is 5.78. The van der Waals surface area contributed by atoms with Crippen LogP contribution < -0.4 is 19.7 Å². The van der Waals surface area contributed by atoms with Crippen LogP contribution in [0.3, 0.4) is 0 Å². The predicted molar refractivity (Wildman–Crippen MR) is 117 cm³/mol. The molecule has 1 saturated heterocycles. The number of hydrogen-bond donors (Lipinski definition) is 1. The summed E-state index contributed by atoms with van der Waals surface area (Å²) in [4.78, 5) is 14.7. The largest absolute Gasteiger partial charge is 0.493 e. The zero-order valence-corrected chi connectivity index (χ0v) is 17.6. The van der Waals surface area contributed by atoms with Gasteiger partial charge in [0.1, 0.15) is 0 Å². The summed E-state index contributed by atoms with van der Waals surface area (Å²) in [5, 5.41) is 3.01. The van der Waals surface area contributed by atoms with Crippen LogP contribution in [0.25, 0.3) is 0 Å². The van der Waals surface area contributed by atoms with Crippen LogP contribution in [0, 0.1) is 0 Å². The zero-order chi connectivity index (χ0) is 20.5. The summed E-state index contributed by atoms with van der Waals surface area (Å²) in [5.41, 5.74) is 3.46. The molecule has 1 aliphatic rings. The molecule has 0 unspecified atom stereocenters. The van der Waals surface area contributed by atoms with Crippen molar-refractivity contribution in [1.82, 2.24) is 5.32 Å². The second-order valence-electron chi connectivity index (χ2n) is 7.53. The van der Waals surface area contributed by atoms with Crippen molar-refractivity contribution in [1.29, 1.82) is 0 Å². The van der Waals surface area contributed by atoms with Gasteiger partial charge >= 0.3 is 0 Å². The highest BCUT2D eigenvalue weighted by Crippen LogP contribution is 2.27. The maximum atomic E-state index is 12.3. The number of carbonyl (C=O) groups excluding carboxylic acids is 1. The quantitative estimate of drug-likeness (QED) is 0.733. The Bertz CT molecular complexity index is 781. The molecule has 3 rings (SSSR count). The van der Waals surface area contributed by atoms with Gasteiger partial charge in [0.25, 0.3) is 0 Å². The monoisotopic (exact) mass is 396 g/mol. The average molecular weight is 397 g/mol. The summed E-state index contributed by atoms with van der Waals surface area (Å²) in [7, 11) is 3.20. The fraction of sp³-hybridized carbons (Fsp3) is 0.458. The van der Waals surface area contributed by atoms with Crippen molar-refractivity contribution in [3.05, 3.63) is 53.6 Å². The van der Waals surface area contributed by atoms with Crippen molar-refractivity contribution < 1.29 is 14.3 Å². The molecule has 1 amide bonds. The number of nitrogens with zero attached hydrogens (tertiary/aromatic N) is 1. The van der Waals surface area contributed by atoms with E-state index in [1.54, 1.807) is 14.2 Å². The van der Waals surface area contributed by atoms with E-state index in [-0.39, 0.29) is 5.91 Å². The molecule has 0 atom stereocenters. The molecule has 0 saturated carbocycles. The molecule has 0 spiro atoms. The average Bonchev–Trinajstić information content (AvgIpc) is 3.04. The third-order valence-electron chi connectivity index (χ3n) is 5.46. The number of hydrogen-bond acceptors (Lipinski definition) is 4. The maximum absolute atomic E-state index is 12.3. The third-order valence-corrected chi connectivity index (χ3v) is 5.46. The first kappa shape index (κ1) is 21.0. The van der Waals surface area contributed by atoms with Gasteiger partial charge in [0.05, 0.1) is 20.6 Å². The van der Waals surface area contributed by atoms with Crippen molar-refractivity contribution >= 4 is 11.6 Å². The van der Waals surface area contributed by atoms with Gasteiger partial charge in [-0.25, -0.2) is 0 Å². The smallest absolute Gasteiger partial charge is 0.224 e. The number of nitrogens with one attached hydrogen (secondary N) is 1. The highest BCUT2D eigenvalue weighted by Gasteiger charge is 2.10. The van der Waals surface area contributed by atoms with Gasteiger partial charge in [-0.05, 0) is 54.7 Å². The van der Waals surface area contributed by atoms with E-state index < -0.39 is 0 Å². The van der Waals surface area contributed by atoms with E-state index in [9.17, 15) is 4.79 Å². The molecule has 29 heavy (non-hydrogen) atoms. The van der Waals surface area contributed by atoms with Gasteiger partial charge < -0.3 is 19.7 Å². The molecule has 156 valence electrons. The first-order valence-electron chi connectivity index (χ1n) is 10.5. The molecule has 1 fully saturated rings. The fourth-order valence-electron chi connectivity index (χ4n) is 3.79. The fourth-order valence-corrected chi connectivity index (χ4v) is 3.79. The predicted octanol–water partition coefficient (Wildman–Crippen LogP) is 3.99. The Kier molecular flexibility index (Phi) is 7.79. The Hall–Kier alpha value is -2.69.